The molecule has 0 heterocycles. The molecule has 0 bridgehead atoms. The fourth-order valence-corrected chi connectivity index (χ4v) is 3.10. The molecule has 6 nitrogen and oxygen atoms in total. The number of hydrogen-bond acceptors (Lipinski definition) is 4. The Labute approximate surface area is 183 Å². The van der Waals surface area contributed by atoms with Crippen LogP contribution in [0.25, 0.3) is 0 Å². The highest BCUT2D eigenvalue weighted by Crippen LogP contribution is 2.24. The van der Waals surface area contributed by atoms with E-state index in [0.717, 1.165) is 18.4 Å². The number of amides is 2. The molecule has 0 aromatic heterocycles. The van der Waals surface area contributed by atoms with Gasteiger partial charge >= 0.3 is 5.97 Å². The lowest BCUT2D eigenvalue weighted by Gasteiger charge is -2.19. The Balaban J connectivity index is 1.51. The van der Waals surface area contributed by atoms with E-state index in [1.807, 2.05) is 18.2 Å². The van der Waals surface area contributed by atoms with Gasteiger partial charge < -0.3 is 15.4 Å². The second kappa shape index (κ2) is 9.77. The minimum atomic E-state index is -0.991. The average Bonchev–Trinajstić information content (AvgIpc) is 3.56. The van der Waals surface area contributed by atoms with Crippen molar-refractivity contribution in [1.82, 2.24) is 10.6 Å². The Morgan fingerprint density at radius 2 is 1.65 bits per heavy atom. The summed E-state index contributed by atoms with van der Waals surface area (Å²) in [6, 6.07) is 16.5. The summed E-state index contributed by atoms with van der Waals surface area (Å²) in [6.45, 7) is 6.47. The number of carbonyl (C=O) groups excluding carboxylic acids is 3. The van der Waals surface area contributed by atoms with Gasteiger partial charge in [-0.25, -0.2) is 0 Å². The van der Waals surface area contributed by atoms with Crippen LogP contribution in [0.4, 0.5) is 0 Å². The van der Waals surface area contributed by atoms with Crippen LogP contribution in [0.1, 0.15) is 67.6 Å². The number of hydrogen-bond donors (Lipinski definition) is 2. The first-order valence-corrected chi connectivity index (χ1v) is 10.7. The molecule has 2 N–H and O–H groups in total. The normalized spacial score (nSPS) is 14.4. The summed E-state index contributed by atoms with van der Waals surface area (Å²) in [4.78, 5) is 37.2. The number of carbonyl (C=O) groups is 3. The fraction of sp³-hybridized carbons (Fsp3) is 0.400. The van der Waals surface area contributed by atoms with Crippen molar-refractivity contribution in [3.8, 4) is 0 Å². The van der Waals surface area contributed by atoms with Gasteiger partial charge in [0, 0.05) is 23.7 Å². The van der Waals surface area contributed by atoms with Crippen LogP contribution < -0.4 is 10.6 Å². The monoisotopic (exact) mass is 422 g/mol. The summed E-state index contributed by atoms with van der Waals surface area (Å²) in [5.74, 6) is -1.10. The highest BCUT2D eigenvalue weighted by atomic mass is 16.5. The summed E-state index contributed by atoms with van der Waals surface area (Å²) in [6.07, 6.45) is 0.884. The molecule has 0 unspecified atom stereocenters. The third-order valence-electron chi connectivity index (χ3n) is 5.14. The lowest BCUT2D eigenvalue weighted by molar-refractivity contribution is -0.156. The summed E-state index contributed by atoms with van der Waals surface area (Å²) >= 11 is 0. The number of nitrogens with one attached hydrogen (secondary N) is 2. The van der Waals surface area contributed by atoms with Crippen LogP contribution in [0.15, 0.2) is 54.6 Å². The fourth-order valence-electron chi connectivity index (χ4n) is 3.10. The average molecular weight is 423 g/mol. The van der Waals surface area contributed by atoms with Gasteiger partial charge in [0.2, 0.25) is 6.10 Å². The third-order valence-corrected chi connectivity index (χ3v) is 5.14. The lowest BCUT2D eigenvalue weighted by Crippen LogP contribution is -2.34. The molecule has 6 heteroatoms. The van der Waals surface area contributed by atoms with E-state index in [4.69, 9.17) is 4.74 Å². The number of ether oxygens (including phenoxy) is 1. The van der Waals surface area contributed by atoms with Crippen molar-refractivity contribution in [2.45, 2.75) is 57.6 Å². The Morgan fingerprint density at radius 3 is 2.23 bits per heavy atom. The molecule has 3 rings (SSSR count). The Morgan fingerprint density at radius 1 is 1.00 bits per heavy atom. The molecule has 2 aromatic carbocycles. The summed E-state index contributed by atoms with van der Waals surface area (Å²) in [7, 11) is 0. The van der Waals surface area contributed by atoms with Crippen molar-refractivity contribution in [1.29, 1.82) is 0 Å². The maximum Gasteiger partial charge on any atom is 0.308 e. The van der Waals surface area contributed by atoms with Crippen LogP contribution in [0.2, 0.25) is 0 Å². The van der Waals surface area contributed by atoms with Gasteiger partial charge in [0.05, 0.1) is 6.42 Å². The summed E-state index contributed by atoms with van der Waals surface area (Å²) < 4.78 is 5.47. The van der Waals surface area contributed by atoms with Gasteiger partial charge in [-0.2, -0.15) is 0 Å². The van der Waals surface area contributed by atoms with E-state index in [1.165, 1.54) is 0 Å². The molecule has 0 aliphatic heterocycles. The number of esters is 1. The first-order chi connectivity index (χ1) is 14.7. The standard InChI is InChI=1S/C25H30N2O4/c1-25(2,3)19-11-9-18(10-12-19)23(29)26-16-15-21(28)31-22(17-7-5-4-6-8-17)24(30)27-20-13-14-20/h4-12,20,22H,13-16H2,1-3H3,(H,26,29)(H,27,30)/t22-/m1/s1. The maximum absolute atomic E-state index is 12.5. The zero-order chi connectivity index (χ0) is 22.4. The SMILES string of the molecule is CC(C)(C)c1ccc(C(=O)NCCC(=O)O[C@@H](C(=O)NC2CC2)c2ccccc2)cc1. The van der Waals surface area contributed by atoms with Crippen LogP contribution in [-0.2, 0) is 19.7 Å². The minimum absolute atomic E-state index is 0.0137. The largest absolute Gasteiger partial charge is 0.447 e. The van der Waals surface area contributed by atoms with Crippen molar-refractivity contribution in [3.63, 3.8) is 0 Å². The molecule has 1 aliphatic rings. The topological polar surface area (TPSA) is 84.5 Å². The first-order valence-electron chi connectivity index (χ1n) is 10.7. The van der Waals surface area contributed by atoms with Crippen molar-refractivity contribution in [2.75, 3.05) is 6.54 Å². The predicted molar refractivity (Wildman–Crippen MR) is 119 cm³/mol. The van der Waals surface area contributed by atoms with Crippen LogP contribution in [0.5, 0.6) is 0 Å². The number of benzene rings is 2. The van der Waals surface area contributed by atoms with Crippen molar-refractivity contribution in [2.24, 2.45) is 0 Å². The van der Waals surface area contributed by atoms with Crippen LogP contribution in [-0.4, -0.2) is 30.4 Å². The smallest absolute Gasteiger partial charge is 0.308 e. The molecular weight excluding hydrogens is 392 g/mol. The van der Waals surface area contributed by atoms with Crippen LogP contribution >= 0.6 is 0 Å². The Hall–Kier alpha value is -3.15. The molecule has 1 fully saturated rings. The molecule has 2 amide bonds. The van der Waals surface area contributed by atoms with Crippen molar-refractivity contribution < 1.29 is 19.1 Å². The van der Waals surface area contributed by atoms with Gasteiger partial charge in [-0.3, -0.25) is 14.4 Å². The second-order valence-electron chi connectivity index (χ2n) is 8.90. The Kier molecular flexibility index (Phi) is 7.10. The van der Waals surface area contributed by atoms with Gasteiger partial charge in [-0.1, -0.05) is 63.2 Å². The van der Waals surface area contributed by atoms with Gasteiger partial charge in [0.1, 0.15) is 0 Å². The second-order valence-corrected chi connectivity index (χ2v) is 8.90. The maximum atomic E-state index is 12.5. The quantitative estimate of drug-likeness (QED) is 0.636. The molecule has 1 atom stereocenters. The molecule has 164 valence electrons. The van der Waals surface area contributed by atoms with Crippen LogP contribution in [0, 0.1) is 0 Å². The molecule has 2 aromatic rings. The van der Waals surface area contributed by atoms with Crippen molar-refractivity contribution >= 4 is 17.8 Å². The molecule has 0 saturated heterocycles. The molecule has 31 heavy (non-hydrogen) atoms. The van der Waals surface area contributed by atoms with E-state index in [9.17, 15) is 14.4 Å². The molecule has 1 aliphatic carbocycles. The van der Waals surface area contributed by atoms with E-state index in [0.29, 0.717) is 11.1 Å². The molecule has 0 radical (unpaired) electrons. The molecular formula is C25H30N2O4. The summed E-state index contributed by atoms with van der Waals surface area (Å²) in [5, 5.41) is 5.61. The predicted octanol–water partition coefficient (Wildman–Crippen LogP) is 3.67. The Bertz CT molecular complexity index is 913. The summed E-state index contributed by atoms with van der Waals surface area (Å²) in [5.41, 5.74) is 2.31. The van der Waals surface area contributed by atoms with E-state index in [1.54, 1.807) is 36.4 Å². The zero-order valence-corrected chi connectivity index (χ0v) is 18.3. The van der Waals surface area contributed by atoms with E-state index >= 15 is 0 Å². The van der Waals surface area contributed by atoms with E-state index in [-0.39, 0.29) is 36.2 Å². The zero-order valence-electron chi connectivity index (χ0n) is 18.3. The highest BCUT2D eigenvalue weighted by molar-refractivity contribution is 5.94. The van der Waals surface area contributed by atoms with Gasteiger partial charge in [-0.15, -0.1) is 0 Å². The van der Waals surface area contributed by atoms with E-state index < -0.39 is 12.1 Å². The lowest BCUT2D eigenvalue weighted by atomic mass is 9.87. The van der Waals surface area contributed by atoms with E-state index in [2.05, 4.69) is 31.4 Å². The van der Waals surface area contributed by atoms with Crippen molar-refractivity contribution in [3.05, 3.63) is 71.3 Å². The molecule has 1 saturated carbocycles. The third kappa shape index (κ3) is 6.67. The first kappa shape index (κ1) is 22.5. The highest BCUT2D eigenvalue weighted by Gasteiger charge is 2.30. The van der Waals surface area contributed by atoms with Gasteiger partial charge in [0.25, 0.3) is 11.8 Å². The minimum Gasteiger partial charge on any atom is -0.447 e. The molecule has 0 spiro atoms. The van der Waals surface area contributed by atoms with Gasteiger partial charge in [-0.05, 0) is 36.0 Å². The van der Waals surface area contributed by atoms with Crippen LogP contribution in [0.3, 0.4) is 0 Å². The van der Waals surface area contributed by atoms with Gasteiger partial charge in [0.15, 0.2) is 0 Å². The number of rotatable bonds is 8.